The molecule has 0 bridgehead atoms. The summed E-state index contributed by atoms with van der Waals surface area (Å²) in [7, 11) is 0. The molecule has 0 aliphatic carbocycles. The van der Waals surface area contributed by atoms with Crippen LogP contribution in [-0.2, 0) is 11.3 Å². The fraction of sp³-hybridized carbons (Fsp3) is 0.250. The number of nitrogens with zero attached hydrogens (tertiary/aromatic N) is 2. The zero-order chi connectivity index (χ0) is 13.9. The second-order valence-electron chi connectivity index (χ2n) is 3.79. The summed E-state index contributed by atoms with van der Waals surface area (Å²) < 4.78 is 41.7. The summed E-state index contributed by atoms with van der Waals surface area (Å²) in [5.74, 6) is 0. The normalized spacial score (nSPS) is 11.8. The van der Waals surface area contributed by atoms with Gasteiger partial charge in [0.25, 0.3) is 0 Å². The lowest BCUT2D eigenvalue weighted by Crippen LogP contribution is -2.17. The van der Waals surface area contributed by atoms with Gasteiger partial charge in [-0.3, -0.25) is 9.42 Å². The van der Waals surface area contributed by atoms with E-state index in [4.69, 9.17) is 0 Å². The smallest absolute Gasteiger partial charge is 0.290 e. The van der Waals surface area contributed by atoms with Crippen molar-refractivity contribution in [3.63, 3.8) is 0 Å². The Morgan fingerprint density at radius 1 is 1.16 bits per heavy atom. The lowest BCUT2D eigenvalue weighted by Gasteiger charge is -2.06. The van der Waals surface area contributed by atoms with Gasteiger partial charge in [-0.1, -0.05) is 12.1 Å². The van der Waals surface area contributed by atoms with Gasteiger partial charge >= 0.3 is 6.36 Å². The molecule has 1 aromatic heterocycles. The molecule has 0 unspecified atom stereocenters. The zero-order valence-electron chi connectivity index (χ0n) is 9.69. The van der Waals surface area contributed by atoms with E-state index in [0.29, 0.717) is 0 Å². The third kappa shape index (κ3) is 4.50. The summed E-state index contributed by atoms with van der Waals surface area (Å²) in [5, 5.41) is 4.00. The largest absolute Gasteiger partial charge is 0.522 e. The predicted octanol–water partition coefficient (Wildman–Crippen LogP) is 3.69. The molecule has 0 aliphatic rings. The van der Waals surface area contributed by atoms with E-state index in [0.717, 1.165) is 14.7 Å². The molecule has 0 atom stereocenters. The number of hydrogen-bond donors (Lipinski definition) is 0. The van der Waals surface area contributed by atoms with E-state index >= 15 is 0 Å². The average molecular weight is 382 g/mol. The van der Waals surface area contributed by atoms with Gasteiger partial charge in [-0.25, -0.2) is 0 Å². The molecule has 7 heteroatoms. The maximum absolute atomic E-state index is 11.8. The van der Waals surface area contributed by atoms with Crippen LogP contribution in [0.2, 0.25) is 0 Å². The van der Waals surface area contributed by atoms with Crippen LogP contribution in [0, 0.1) is 3.57 Å². The van der Waals surface area contributed by atoms with Crippen LogP contribution in [0.5, 0.6) is 0 Å². The van der Waals surface area contributed by atoms with Gasteiger partial charge in [-0.05, 0) is 40.3 Å². The topological polar surface area (TPSA) is 27.1 Å². The minimum Gasteiger partial charge on any atom is -0.290 e. The van der Waals surface area contributed by atoms with Crippen molar-refractivity contribution in [2.24, 2.45) is 0 Å². The number of alkyl halides is 3. The molecule has 1 heterocycles. The fourth-order valence-electron chi connectivity index (χ4n) is 1.53. The molecule has 0 fully saturated rings. The van der Waals surface area contributed by atoms with Crippen LogP contribution in [0.3, 0.4) is 0 Å². The summed E-state index contributed by atoms with van der Waals surface area (Å²) >= 11 is 2.20. The lowest BCUT2D eigenvalue weighted by molar-refractivity contribution is -0.325. The molecule has 0 saturated carbocycles. The summed E-state index contributed by atoms with van der Waals surface area (Å²) in [6, 6.07) is 7.80. The van der Waals surface area contributed by atoms with Gasteiger partial charge in [-0.15, -0.1) is 13.2 Å². The Bertz CT molecular complexity index is 537. The molecule has 2 rings (SSSR count). The number of hydrogen-bond acceptors (Lipinski definition) is 2. The van der Waals surface area contributed by atoms with Crippen molar-refractivity contribution in [1.82, 2.24) is 9.78 Å². The van der Waals surface area contributed by atoms with Gasteiger partial charge in [0, 0.05) is 15.3 Å². The van der Waals surface area contributed by atoms with Crippen molar-refractivity contribution in [2.45, 2.75) is 12.9 Å². The molecule has 1 aromatic carbocycles. The minimum atomic E-state index is -4.59. The maximum Gasteiger partial charge on any atom is 0.522 e. The number of aromatic nitrogens is 2. The summed E-state index contributed by atoms with van der Waals surface area (Å²) in [5.41, 5.74) is 1.84. The summed E-state index contributed by atoms with van der Waals surface area (Å²) in [6.45, 7) is -0.388. The molecule has 0 aliphatic heterocycles. The molecular weight excluding hydrogens is 372 g/mol. The molecule has 0 N–H and O–H groups in total. The SMILES string of the molecule is FC(F)(F)OCCn1cc(-c2ccc(I)cc2)cn1. The van der Waals surface area contributed by atoms with Crippen LogP contribution < -0.4 is 0 Å². The van der Waals surface area contributed by atoms with Crippen LogP contribution in [0.1, 0.15) is 0 Å². The van der Waals surface area contributed by atoms with Gasteiger partial charge < -0.3 is 0 Å². The number of rotatable bonds is 4. The molecule has 2 aromatic rings. The first kappa shape index (κ1) is 14.3. The maximum atomic E-state index is 11.8. The molecule has 0 radical (unpaired) electrons. The van der Waals surface area contributed by atoms with Gasteiger partial charge in [-0.2, -0.15) is 5.10 Å². The van der Waals surface area contributed by atoms with Crippen molar-refractivity contribution in [2.75, 3.05) is 6.61 Å². The summed E-state index contributed by atoms with van der Waals surface area (Å²) in [4.78, 5) is 0. The second kappa shape index (κ2) is 5.91. The zero-order valence-corrected chi connectivity index (χ0v) is 11.9. The Balaban J connectivity index is 1.97. The van der Waals surface area contributed by atoms with E-state index in [2.05, 4.69) is 32.4 Å². The van der Waals surface area contributed by atoms with E-state index < -0.39 is 13.0 Å². The number of benzene rings is 1. The highest BCUT2D eigenvalue weighted by Crippen LogP contribution is 2.20. The molecule has 19 heavy (non-hydrogen) atoms. The minimum absolute atomic E-state index is 0.0594. The van der Waals surface area contributed by atoms with Crippen molar-refractivity contribution >= 4 is 22.6 Å². The van der Waals surface area contributed by atoms with Crippen LogP contribution >= 0.6 is 22.6 Å². The van der Waals surface area contributed by atoms with E-state index in [9.17, 15) is 13.2 Å². The second-order valence-corrected chi connectivity index (χ2v) is 5.04. The Morgan fingerprint density at radius 3 is 2.47 bits per heavy atom. The van der Waals surface area contributed by atoms with E-state index in [1.54, 1.807) is 12.4 Å². The summed E-state index contributed by atoms with van der Waals surface area (Å²) in [6.07, 6.45) is -1.27. The average Bonchev–Trinajstić information content (AvgIpc) is 2.77. The first-order chi connectivity index (χ1) is 8.94. The molecule has 0 saturated heterocycles. The molecule has 3 nitrogen and oxygen atoms in total. The van der Waals surface area contributed by atoms with Gasteiger partial charge in [0.15, 0.2) is 0 Å². The predicted molar refractivity (Wildman–Crippen MR) is 72.4 cm³/mol. The van der Waals surface area contributed by atoms with Crippen LogP contribution in [0.4, 0.5) is 13.2 Å². The number of halogens is 4. The third-order valence-electron chi connectivity index (χ3n) is 2.40. The first-order valence-electron chi connectivity index (χ1n) is 5.43. The highest BCUT2D eigenvalue weighted by Gasteiger charge is 2.28. The lowest BCUT2D eigenvalue weighted by atomic mass is 10.1. The molecule has 0 spiro atoms. The Labute approximate surface area is 121 Å². The van der Waals surface area contributed by atoms with E-state index in [1.165, 1.54) is 4.68 Å². The first-order valence-corrected chi connectivity index (χ1v) is 6.51. The molecule has 0 amide bonds. The van der Waals surface area contributed by atoms with Crippen LogP contribution in [-0.4, -0.2) is 22.7 Å². The van der Waals surface area contributed by atoms with Gasteiger partial charge in [0.2, 0.25) is 0 Å². The van der Waals surface area contributed by atoms with Crippen LogP contribution in [0.15, 0.2) is 36.7 Å². The Morgan fingerprint density at radius 2 is 1.84 bits per heavy atom. The van der Waals surface area contributed by atoms with Crippen molar-refractivity contribution in [1.29, 1.82) is 0 Å². The molecule has 102 valence electrons. The van der Waals surface area contributed by atoms with E-state index in [1.807, 2.05) is 24.3 Å². The number of ether oxygens (including phenoxy) is 1. The third-order valence-corrected chi connectivity index (χ3v) is 3.12. The van der Waals surface area contributed by atoms with Crippen molar-refractivity contribution in [3.8, 4) is 11.1 Å². The quantitative estimate of drug-likeness (QED) is 0.755. The fourth-order valence-corrected chi connectivity index (χ4v) is 1.89. The standard InChI is InChI=1S/C12H10F3IN2O/c13-12(14,15)19-6-5-18-8-10(7-17-18)9-1-3-11(16)4-2-9/h1-4,7-8H,5-6H2. The monoisotopic (exact) mass is 382 g/mol. The van der Waals surface area contributed by atoms with Gasteiger partial charge in [0.05, 0.1) is 19.3 Å². The van der Waals surface area contributed by atoms with Crippen molar-refractivity contribution < 1.29 is 17.9 Å². The Kier molecular flexibility index (Phi) is 4.46. The van der Waals surface area contributed by atoms with Crippen LogP contribution in [0.25, 0.3) is 11.1 Å². The Hall–Kier alpha value is -1.09. The van der Waals surface area contributed by atoms with Gasteiger partial charge in [0.1, 0.15) is 0 Å². The highest BCUT2D eigenvalue weighted by molar-refractivity contribution is 14.1. The highest BCUT2D eigenvalue weighted by atomic mass is 127. The van der Waals surface area contributed by atoms with E-state index in [-0.39, 0.29) is 6.54 Å². The van der Waals surface area contributed by atoms with Crippen molar-refractivity contribution in [3.05, 3.63) is 40.2 Å². The molecular formula is C12H10F3IN2O.